The van der Waals surface area contributed by atoms with E-state index in [2.05, 4.69) is 13.0 Å². The number of benzene rings is 2. The Morgan fingerprint density at radius 3 is 2.52 bits per heavy atom. The third-order valence-corrected chi connectivity index (χ3v) is 5.75. The number of rotatable bonds is 6. The van der Waals surface area contributed by atoms with Gasteiger partial charge < -0.3 is 9.52 Å². The molecule has 1 aromatic heterocycles. The zero-order valence-corrected chi connectivity index (χ0v) is 16.9. The van der Waals surface area contributed by atoms with Crippen LogP contribution in [0.5, 0.6) is 5.75 Å². The maximum Gasteiger partial charge on any atom is 0.221 e. The Labute approximate surface area is 164 Å². The molecule has 4 heteroatoms. The molecule has 3 aromatic rings. The maximum atomic E-state index is 12.7. The van der Waals surface area contributed by atoms with Crippen LogP contribution in [0, 0.1) is 20.8 Å². The van der Waals surface area contributed by atoms with E-state index < -0.39 is 0 Å². The Hall–Kier alpha value is -2.46. The number of hydrogen-bond acceptors (Lipinski definition) is 4. The summed E-state index contributed by atoms with van der Waals surface area (Å²) < 4.78 is 5.88. The van der Waals surface area contributed by atoms with Gasteiger partial charge in [0.1, 0.15) is 11.3 Å². The first-order valence-electron chi connectivity index (χ1n) is 9.09. The molecule has 0 spiro atoms. The second-order valence-electron chi connectivity index (χ2n) is 6.76. The Kier molecular flexibility index (Phi) is 5.76. The highest BCUT2D eigenvalue weighted by Crippen LogP contribution is 2.30. The van der Waals surface area contributed by atoms with Crippen LogP contribution in [-0.4, -0.2) is 16.6 Å². The number of carbonyl (C=O) groups is 1. The molecule has 0 atom stereocenters. The first kappa shape index (κ1) is 19.3. The number of furan rings is 1. The Morgan fingerprint density at radius 2 is 1.85 bits per heavy atom. The van der Waals surface area contributed by atoms with Crippen LogP contribution in [0.3, 0.4) is 0 Å². The van der Waals surface area contributed by atoms with Gasteiger partial charge in [0.05, 0.1) is 0 Å². The van der Waals surface area contributed by atoms with Crippen molar-refractivity contribution in [3.63, 3.8) is 0 Å². The summed E-state index contributed by atoms with van der Waals surface area (Å²) in [5.41, 5.74) is 4.08. The minimum absolute atomic E-state index is 0.158. The molecule has 27 heavy (non-hydrogen) atoms. The number of aryl methyl sites for hydroxylation is 3. The van der Waals surface area contributed by atoms with Crippen molar-refractivity contribution in [3.8, 4) is 5.75 Å². The molecule has 0 aliphatic rings. The van der Waals surface area contributed by atoms with Gasteiger partial charge in [-0.25, -0.2) is 0 Å². The molecule has 0 fully saturated rings. The number of phenols is 1. The molecule has 0 saturated heterocycles. The summed E-state index contributed by atoms with van der Waals surface area (Å²) >= 11 is 1.79. The first-order chi connectivity index (χ1) is 12.9. The van der Waals surface area contributed by atoms with Gasteiger partial charge in [0.2, 0.25) is 5.78 Å². The van der Waals surface area contributed by atoms with Gasteiger partial charge in [-0.2, -0.15) is 0 Å². The van der Waals surface area contributed by atoms with Crippen molar-refractivity contribution in [1.82, 2.24) is 0 Å². The summed E-state index contributed by atoms with van der Waals surface area (Å²) in [4.78, 5) is 13.8. The van der Waals surface area contributed by atoms with Crippen molar-refractivity contribution < 1.29 is 14.3 Å². The number of phenolic OH excluding ortho intramolecular Hbond substituents is 1. The van der Waals surface area contributed by atoms with Crippen molar-refractivity contribution >= 4 is 34.6 Å². The summed E-state index contributed by atoms with van der Waals surface area (Å²) in [6.07, 6.45) is 4.41. The Balaban J connectivity index is 1.88. The molecule has 0 unspecified atom stereocenters. The van der Waals surface area contributed by atoms with E-state index in [1.807, 2.05) is 45.0 Å². The standard InChI is InChI=1S/C23H24O3S/c1-5-10-27-18-7-8-19-16(4)23(26-21(19)13-18)20(24)9-6-17-11-14(2)22(25)15(3)12-17/h6-9,11-13,25H,5,10H2,1-4H3/b9-6+. The summed E-state index contributed by atoms with van der Waals surface area (Å²) in [5, 5.41) is 10.8. The van der Waals surface area contributed by atoms with E-state index in [0.29, 0.717) is 11.5 Å². The zero-order chi connectivity index (χ0) is 19.6. The lowest BCUT2D eigenvalue weighted by atomic mass is 10.0. The first-order valence-corrected chi connectivity index (χ1v) is 10.1. The molecule has 1 heterocycles. The summed E-state index contributed by atoms with van der Waals surface area (Å²) in [6, 6.07) is 9.83. The van der Waals surface area contributed by atoms with Crippen molar-refractivity contribution in [2.75, 3.05) is 5.75 Å². The molecule has 2 aromatic carbocycles. The number of fused-ring (bicyclic) bond motifs is 1. The SMILES string of the molecule is CCCSc1ccc2c(C)c(C(=O)/C=C/c3cc(C)c(O)c(C)c3)oc2c1. The Bertz CT molecular complexity index is 1000. The lowest BCUT2D eigenvalue weighted by molar-refractivity contribution is 0.102. The molecule has 3 rings (SSSR count). The molecule has 0 saturated carbocycles. The van der Waals surface area contributed by atoms with Gasteiger partial charge in [-0.3, -0.25) is 4.79 Å². The van der Waals surface area contributed by atoms with Crippen LogP contribution in [0.1, 0.15) is 46.2 Å². The number of ketones is 1. The van der Waals surface area contributed by atoms with E-state index in [0.717, 1.165) is 50.3 Å². The molecule has 0 radical (unpaired) electrons. The van der Waals surface area contributed by atoms with E-state index in [1.54, 1.807) is 17.8 Å². The van der Waals surface area contributed by atoms with Gasteiger partial charge in [0, 0.05) is 15.8 Å². The quantitative estimate of drug-likeness (QED) is 0.303. The highest BCUT2D eigenvalue weighted by Gasteiger charge is 2.16. The minimum Gasteiger partial charge on any atom is -0.507 e. The number of thioether (sulfide) groups is 1. The maximum absolute atomic E-state index is 12.7. The summed E-state index contributed by atoms with van der Waals surface area (Å²) in [5.74, 6) is 1.58. The molecule has 0 aliphatic carbocycles. The molecular formula is C23H24O3S. The van der Waals surface area contributed by atoms with Crippen LogP contribution in [0.4, 0.5) is 0 Å². The van der Waals surface area contributed by atoms with E-state index in [4.69, 9.17) is 4.42 Å². The lowest BCUT2D eigenvalue weighted by Crippen LogP contribution is -1.94. The molecular weight excluding hydrogens is 356 g/mol. The number of allylic oxidation sites excluding steroid dienone is 1. The van der Waals surface area contributed by atoms with Gasteiger partial charge in [-0.05, 0) is 86.0 Å². The van der Waals surface area contributed by atoms with E-state index in [-0.39, 0.29) is 5.78 Å². The monoisotopic (exact) mass is 380 g/mol. The number of hydrogen-bond donors (Lipinski definition) is 1. The normalized spacial score (nSPS) is 11.6. The van der Waals surface area contributed by atoms with Crippen LogP contribution in [0.2, 0.25) is 0 Å². The highest BCUT2D eigenvalue weighted by atomic mass is 32.2. The van der Waals surface area contributed by atoms with Crippen LogP contribution < -0.4 is 0 Å². The zero-order valence-electron chi connectivity index (χ0n) is 16.1. The number of aromatic hydroxyl groups is 1. The van der Waals surface area contributed by atoms with E-state index >= 15 is 0 Å². The van der Waals surface area contributed by atoms with Crippen LogP contribution >= 0.6 is 11.8 Å². The van der Waals surface area contributed by atoms with Crippen molar-refractivity contribution in [2.45, 2.75) is 39.0 Å². The van der Waals surface area contributed by atoms with Crippen molar-refractivity contribution in [2.24, 2.45) is 0 Å². The van der Waals surface area contributed by atoms with Gasteiger partial charge >= 0.3 is 0 Å². The van der Waals surface area contributed by atoms with Crippen LogP contribution in [0.25, 0.3) is 17.0 Å². The Morgan fingerprint density at radius 1 is 1.15 bits per heavy atom. The van der Waals surface area contributed by atoms with Crippen molar-refractivity contribution in [3.05, 3.63) is 64.4 Å². The van der Waals surface area contributed by atoms with Gasteiger partial charge in [-0.1, -0.05) is 13.0 Å². The fourth-order valence-corrected chi connectivity index (χ4v) is 3.88. The highest BCUT2D eigenvalue weighted by molar-refractivity contribution is 7.99. The van der Waals surface area contributed by atoms with Gasteiger partial charge in [-0.15, -0.1) is 11.8 Å². The predicted octanol–water partition coefficient (Wildman–Crippen LogP) is 6.46. The number of carbonyl (C=O) groups excluding carboxylic acids is 1. The average Bonchev–Trinajstić information content (AvgIpc) is 2.98. The third-order valence-electron chi connectivity index (χ3n) is 4.55. The predicted molar refractivity (Wildman–Crippen MR) is 113 cm³/mol. The molecule has 140 valence electrons. The summed E-state index contributed by atoms with van der Waals surface area (Å²) in [6.45, 7) is 7.77. The van der Waals surface area contributed by atoms with E-state index in [9.17, 15) is 9.90 Å². The van der Waals surface area contributed by atoms with Crippen molar-refractivity contribution in [1.29, 1.82) is 0 Å². The van der Waals surface area contributed by atoms with Crippen LogP contribution in [-0.2, 0) is 0 Å². The molecule has 0 amide bonds. The van der Waals surface area contributed by atoms with Crippen LogP contribution in [0.15, 0.2) is 45.7 Å². The third kappa shape index (κ3) is 4.11. The fraction of sp³-hybridized carbons (Fsp3) is 0.261. The van der Waals surface area contributed by atoms with E-state index in [1.165, 1.54) is 6.08 Å². The largest absolute Gasteiger partial charge is 0.507 e. The second-order valence-corrected chi connectivity index (χ2v) is 7.93. The second kappa shape index (κ2) is 8.05. The smallest absolute Gasteiger partial charge is 0.221 e. The lowest BCUT2D eigenvalue weighted by Gasteiger charge is -2.04. The van der Waals surface area contributed by atoms with Gasteiger partial charge in [0.15, 0.2) is 5.76 Å². The molecule has 0 bridgehead atoms. The minimum atomic E-state index is -0.158. The molecule has 0 aliphatic heterocycles. The van der Waals surface area contributed by atoms with Gasteiger partial charge in [0.25, 0.3) is 0 Å². The molecule has 1 N–H and O–H groups in total. The average molecular weight is 381 g/mol. The molecule has 3 nitrogen and oxygen atoms in total. The summed E-state index contributed by atoms with van der Waals surface area (Å²) in [7, 11) is 0. The topological polar surface area (TPSA) is 50.4 Å². The fourth-order valence-electron chi connectivity index (χ4n) is 3.08.